The maximum Gasteiger partial charge on any atom is 0.309 e. The SMILES string of the molecule is C[C@H]1[C@H](CC(C)(C)C(=O)O)CN1C(c1ccc(Cl)cc1)c1ccc(Cl)cc1. The molecule has 2 aromatic rings. The fraction of sp³-hybridized carbons (Fsp3) is 0.409. The Morgan fingerprint density at radius 1 is 1.07 bits per heavy atom. The minimum atomic E-state index is -0.736. The second kappa shape index (κ2) is 7.83. The van der Waals surface area contributed by atoms with Gasteiger partial charge in [0.25, 0.3) is 0 Å². The van der Waals surface area contributed by atoms with Crippen LogP contribution in [0.1, 0.15) is 44.4 Å². The number of nitrogens with zero attached hydrogens (tertiary/aromatic N) is 1. The summed E-state index contributed by atoms with van der Waals surface area (Å²) in [4.78, 5) is 13.9. The van der Waals surface area contributed by atoms with E-state index in [9.17, 15) is 9.90 Å². The van der Waals surface area contributed by atoms with E-state index in [4.69, 9.17) is 23.2 Å². The first-order valence-electron chi connectivity index (χ1n) is 9.19. The number of hydrogen-bond acceptors (Lipinski definition) is 2. The number of rotatable bonds is 6. The van der Waals surface area contributed by atoms with Gasteiger partial charge in [-0.3, -0.25) is 9.69 Å². The molecule has 0 amide bonds. The third-order valence-corrected chi connectivity index (χ3v) is 6.21. The van der Waals surface area contributed by atoms with Gasteiger partial charge < -0.3 is 5.11 Å². The molecule has 3 nitrogen and oxygen atoms in total. The molecule has 3 rings (SSSR count). The first kappa shape index (κ1) is 20.2. The van der Waals surface area contributed by atoms with E-state index in [1.807, 2.05) is 24.3 Å². The van der Waals surface area contributed by atoms with Crippen molar-refractivity contribution in [2.24, 2.45) is 11.3 Å². The van der Waals surface area contributed by atoms with Crippen LogP contribution in [0.2, 0.25) is 10.0 Å². The van der Waals surface area contributed by atoms with Crippen molar-refractivity contribution in [3.8, 4) is 0 Å². The molecule has 0 aliphatic carbocycles. The van der Waals surface area contributed by atoms with Crippen LogP contribution < -0.4 is 0 Å². The quantitative estimate of drug-likeness (QED) is 0.649. The Morgan fingerprint density at radius 3 is 1.89 bits per heavy atom. The Morgan fingerprint density at radius 2 is 1.52 bits per heavy atom. The summed E-state index contributed by atoms with van der Waals surface area (Å²) in [6.45, 7) is 6.67. The van der Waals surface area contributed by atoms with Crippen molar-refractivity contribution in [1.29, 1.82) is 0 Å². The maximum atomic E-state index is 11.5. The van der Waals surface area contributed by atoms with Crippen LogP contribution in [-0.2, 0) is 4.79 Å². The zero-order valence-corrected chi connectivity index (χ0v) is 17.3. The van der Waals surface area contributed by atoms with Gasteiger partial charge in [-0.15, -0.1) is 0 Å². The predicted molar refractivity (Wildman–Crippen MR) is 110 cm³/mol. The smallest absolute Gasteiger partial charge is 0.309 e. The van der Waals surface area contributed by atoms with Crippen molar-refractivity contribution in [3.05, 3.63) is 69.7 Å². The topological polar surface area (TPSA) is 40.5 Å². The van der Waals surface area contributed by atoms with E-state index < -0.39 is 11.4 Å². The number of carbonyl (C=O) groups is 1. The van der Waals surface area contributed by atoms with E-state index in [0.717, 1.165) is 6.54 Å². The van der Waals surface area contributed by atoms with Crippen molar-refractivity contribution < 1.29 is 9.90 Å². The molecule has 0 aromatic heterocycles. The molecule has 0 radical (unpaired) electrons. The largest absolute Gasteiger partial charge is 0.481 e. The second-order valence-corrected chi connectivity index (χ2v) is 8.97. The molecule has 0 unspecified atom stereocenters. The van der Waals surface area contributed by atoms with Crippen molar-refractivity contribution in [3.63, 3.8) is 0 Å². The van der Waals surface area contributed by atoms with Gasteiger partial charge >= 0.3 is 5.97 Å². The maximum absolute atomic E-state index is 11.5. The summed E-state index contributed by atoms with van der Waals surface area (Å²) in [6, 6.07) is 16.3. The molecule has 144 valence electrons. The Kier molecular flexibility index (Phi) is 5.85. The van der Waals surface area contributed by atoms with Crippen LogP contribution in [0, 0.1) is 11.3 Å². The van der Waals surface area contributed by atoms with E-state index in [-0.39, 0.29) is 6.04 Å². The summed E-state index contributed by atoms with van der Waals surface area (Å²) in [5.74, 6) is -0.377. The van der Waals surface area contributed by atoms with E-state index in [1.165, 1.54) is 11.1 Å². The average Bonchev–Trinajstić information content (AvgIpc) is 2.62. The summed E-state index contributed by atoms with van der Waals surface area (Å²) >= 11 is 12.2. The molecule has 0 spiro atoms. The molecule has 0 saturated carbocycles. The molecular formula is C22H25Cl2NO2. The van der Waals surface area contributed by atoms with Crippen LogP contribution in [0.15, 0.2) is 48.5 Å². The summed E-state index contributed by atoms with van der Waals surface area (Å²) in [7, 11) is 0. The number of benzene rings is 2. The predicted octanol–water partition coefficient (Wildman–Crippen LogP) is 5.90. The Bertz CT molecular complexity index is 757. The molecule has 2 atom stereocenters. The Hall–Kier alpha value is -1.55. The zero-order chi connectivity index (χ0) is 19.8. The van der Waals surface area contributed by atoms with Crippen molar-refractivity contribution in [1.82, 2.24) is 4.90 Å². The van der Waals surface area contributed by atoms with Gasteiger partial charge in [-0.05, 0) is 68.5 Å². The summed E-state index contributed by atoms with van der Waals surface area (Å²) < 4.78 is 0. The molecule has 1 aliphatic rings. The standard InChI is InChI=1S/C22H25Cl2NO2/c1-14-17(12-22(2,3)21(26)27)13-25(14)20(15-4-8-18(23)9-5-15)16-6-10-19(24)11-7-16/h4-11,14,17,20H,12-13H2,1-3H3,(H,26,27)/t14-,17+/m0/s1. The van der Waals surface area contributed by atoms with Gasteiger partial charge in [0.2, 0.25) is 0 Å². The normalized spacial score (nSPS) is 20.5. The van der Waals surface area contributed by atoms with E-state index >= 15 is 0 Å². The van der Waals surface area contributed by atoms with Crippen molar-refractivity contribution in [2.45, 2.75) is 39.3 Å². The molecule has 1 saturated heterocycles. The molecule has 1 heterocycles. The summed E-state index contributed by atoms with van der Waals surface area (Å²) in [5.41, 5.74) is 1.63. The van der Waals surface area contributed by atoms with Gasteiger partial charge in [0.1, 0.15) is 0 Å². The molecule has 5 heteroatoms. The highest BCUT2D eigenvalue weighted by Crippen LogP contribution is 2.43. The molecule has 1 fully saturated rings. The molecule has 27 heavy (non-hydrogen) atoms. The van der Waals surface area contributed by atoms with Gasteiger partial charge in [0.05, 0.1) is 11.5 Å². The van der Waals surface area contributed by atoms with Crippen LogP contribution in [0.3, 0.4) is 0 Å². The number of carboxylic acid groups (broad SMARTS) is 1. The van der Waals surface area contributed by atoms with Crippen molar-refractivity contribution in [2.75, 3.05) is 6.54 Å². The number of carboxylic acids is 1. The van der Waals surface area contributed by atoms with E-state index in [2.05, 4.69) is 36.1 Å². The molecule has 1 aliphatic heterocycles. The Balaban J connectivity index is 1.85. The number of aliphatic carboxylic acids is 1. The van der Waals surface area contributed by atoms with Gasteiger partial charge in [0.15, 0.2) is 0 Å². The number of halogens is 2. The van der Waals surface area contributed by atoms with Crippen LogP contribution in [-0.4, -0.2) is 28.6 Å². The van der Waals surface area contributed by atoms with E-state index in [1.54, 1.807) is 13.8 Å². The number of likely N-dealkylation sites (tertiary alicyclic amines) is 1. The summed E-state index contributed by atoms with van der Waals surface area (Å²) in [5, 5.41) is 10.9. The van der Waals surface area contributed by atoms with Gasteiger partial charge in [-0.25, -0.2) is 0 Å². The van der Waals surface area contributed by atoms with Crippen LogP contribution >= 0.6 is 23.2 Å². The monoisotopic (exact) mass is 405 g/mol. The third kappa shape index (κ3) is 4.31. The molecule has 1 N–H and O–H groups in total. The van der Waals surface area contributed by atoms with Crippen LogP contribution in [0.5, 0.6) is 0 Å². The minimum Gasteiger partial charge on any atom is -0.481 e. The highest BCUT2D eigenvalue weighted by Gasteiger charge is 2.44. The number of hydrogen-bond donors (Lipinski definition) is 1. The van der Waals surface area contributed by atoms with Gasteiger partial charge in [-0.1, -0.05) is 47.5 Å². The highest BCUT2D eigenvalue weighted by atomic mass is 35.5. The van der Waals surface area contributed by atoms with Crippen molar-refractivity contribution >= 4 is 29.2 Å². The Labute approximate surface area is 170 Å². The van der Waals surface area contributed by atoms with E-state index in [0.29, 0.717) is 28.4 Å². The third-order valence-electron chi connectivity index (χ3n) is 5.71. The average molecular weight is 406 g/mol. The van der Waals surface area contributed by atoms with Crippen LogP contribution in [0.4, 0.5) is 0 Å². The molecule has 2 aromatic carbocycles. The summed E-state index contributed by atoms with van der Waals surface area (Å²) in [6.07, 6.45) is 0.675. The zero-order valence-electron chi connectivity index (χ0n) is 15.8. The van der Waals surface area contributed by atoms with Gasteiger partial charge in [-0.2, -0.15) is 0 Å². The lowest BCUT2D eigenvalue weighted by molar-refractivity contribution is -0.149. The first-order chi connectivity index (χ1) is 12.7. The lowest BCUT2D eigenvalue weighted by Crippen LogP contribution is -2.57. The van der Waals surface area contributed by atoms with Crippen LogP contribution in [0.25, 0.3) is 0 Å². The highest BCUT2D eigenvalue weighted by molar-refractivity contribution is 6.30. The lowest BCUT2D eigenvalue weighted by Gasteiger charge is -2.52. The van der Waals surface area contributed by atoms with Gasteiger partial charge in [0, 0.05) is 22.6 Å². The second-order valence-electron chi connectivity index (χ2n) is 8.10. The lowest BCUT2D eigenvalue weighted by atomic mass is 9.74. The first-order valence-corrected chi connectivity index (χ1v) is 9.95. The molecule has 0 bridgehead atoms. The minimum absolute atomic E-state index is 0.0960. The fourth-order valence-electron chi connectivity index (χ4n) is 3.91. The fourth-order valence-corrected chi connectivity index (χ4v) is 4.16. The molecular weight excluding hydrogens is 381 g/mol.